The monoisotopic (exact) mass is 349 g/mol. The number of hydrogen-bond acceptors (Lipinski definition) is 5. The van der Waals surface area contributed by atoms with Gasteiger partial charge in [0.1, 0.15) is 11.9 Å². The number of aliphatic hydroxyl groups is 1. The Labute approximate surface area is 148 Å². The van der Waals surface area contributed by atoms with Gasteiger partial charge in [-0.15, -0.1) is 0 Å². The van der Waals surface area contributed by atoms with Gasteiger partial charge in [0.2, 0.25) is 5.91 Å². The number of methoxy groups -OCH3 is 1. The van der Waals surface area contributed by atoms with Crippen molar-refractivity contribution in [2.24, 2.45) is 0 Å². The Balaban J connectivity index is 2.04. The highest BCUT2D eigenvalue weighted by Gasteiger charge is 2.27. The van der Waals surface area contributed by atoms with Crippen LogP contribution in [0.15, 0.2) is 6.20 Å². The van der Waals surface area contributed by atoms with Crippen molar-refractivity contribution in [3.05, 3.63) is 23.0 Å². The number of likely N-dealkylation sites (tertiary alicyclic amines) is 1. The molecule has 2 rings (SSSR count). The molecule has 1 aromatic rings. The van der Waals surface area contributed by atoms with Crippen LogP contribution in [0.2, 0.25) is 0 Å². The van der Waals surface area contributed by atoms with E-state index in [-0.39, 0.29) is 18.4 Å². The van der Waals surface area contributed by atoms with Crippen molar-refractivity contribution in [1.82, 2.24) is 14.8 Å². The molecule has 1 N–H and O–H groups in total. The van der Waals surface area contributed by atoms with Gasteiger partial charge in [0, 0.05) is 30.9 Å². The van der Waals surface area contributed by atoms with Gasteiger partial charge < -0.3 is 19.6 Å². The number of hydrogen-bond donors (Lipinski definition) is 1. The van der Waals surface area contributed by atoms with Gasteiger partial charge in [-0.3, -0.25) is 14.6 Å². The molecule has 138 valence electrons. The fourth-order valence-electron chi connectivity index (χ4n) is 3.07. The zero-order valence-corrected chi connectivity index (χ0v) is 15.4. The Morgan fingerprint density at radius 2 is 2.16 bits per heavy atom. The fraction of sp³-hybridized carbons (Fsp3) is 0.611. The van der Waals surface area contributed by atoms with E-state index in [9.17, 15) is 14.7 Å². The number of carbonyl (C=O) groups excluding carboxylic acids is 2. The van der Waals surface area contributed by atoms with E-state index in [1.807, 2.05) is 13.8 Å². The van der Waals surface area contributed by atoms with Crippen LogP contribution in [-0.4, -0.2) is 65.1 Å². The summed E-state index contributed by atoms with van der Waals surface area (Å²) in [5, 5.41) is 9.79. The van der Waals surface area contributed by atoms with Crippen molar-refractivity contribution in [3.8, 4) is 5.75 Å². The van der Waals surface area contributed by atoms with Crippen molar-refractivity contribution in [3.63, 3.8) is 0 Å². The summed E-state index contributed by atoms with van der Waals surface area (Å²) in [5.41, 5.74) is 2.62. The average molecular weight is 349 g/mol. The number of rotatable bonds is 5. The molecular weight excluding hydrogens is 322 g/mol. The minimum absolute atomic E-state index is 0.0194. The van der Waals surface area contributed by atoms with Gasteiger partial charge in [-0.1, -0.05) is 0 Å². The highest BCUT2D eigenvalue weighted by atomic mass is 16.5. The molecule has 1 unspecified atom stereocenters. The topological polar surface area (TPSA) is 83.0 Å². The van der Waals surface area contributed by atoms with Crippen LogP contribution in [0.1, 0.15) is 36.1 Å². The van der Waals surface area contributed by atoms with Crippen LogP contribution in [0.25, 0.3) is 0 Å². The lowest BCUT2D eigenvalue weighted by molar-refractivity contribution is -0.145. The predicted octanol–water partition coefficient (Wildman–Crippen LogP) is 1.04. The zero-order valence-electron chi connectivity index (χ0n) is 15.4. The molecule has 25 heavy (non-hydrogen) atoms. The minimum Gasteiger partial charge on any atom is -0.496 e. The number of ether oxygens (including phenoxy) is 1. The molecule has 1 atom stereocenters. The van der Waals surface area contributed by atoms with Gasteiger partial charge >= 0.3 is 0 Å². The van der Waals surface area contributed by atoms with E-state index in [1.165, 1.54) is 4.90 Å². The van der Waals surface area contributed by atoms with Crippen LogP contribution in [0.3, 0.4) is 0 Å². The average Bonchev–Trinajstić information content (AvgIpc) is 2.73. The Bertz CT molecular complexity index is 647. The lowest BCUT2D eigenvalue weighted by Crippen LogP contribution is -2.44. The maximum absolute atomic E-state index is 12.5. The highest BCUT2D eigenvalue weighted by Crippen LogP contribution is 2.24. The lowest BCUT2D eigenvalue weighted by atomic mass is 10.1. The summed E-state index contributed by atoms with van der Waals surface area (Å²) >= 11 is 0. The van der Waals surface area contributed by atoms with Gasteiger partial charge in [0.05, 0.1) is 25.9 Å². The number of amides is 2. The summed E-state index contributed by atoms with van der Waals surface area (Å²) in [6, 6.07) is 0. The lowest BCUT2D eigenvalue weighted by Gasteiger charge is -2.25. The van der Waals surface area contributed by atoms with Crippen molar-refractivity contribution >= 4 is 11.8 Å². The minimum atomic E-state index is -0.995. The number of likely N-dealkylation sites (N-methyl/N-ethyl adjacent to an activating group) is 1. The molecule has 0 spiro atoms. The van der Waals surface area contributed by atoms with Gasteiger partial charge in [-0.05, 0) is 33.1 Å². The van der Waals surface area contributed by atoms with Gasteiger partial charge in [0.25, 0.3) is 5.91 Å². The molecule has 0 aromatic carbocycles. The number of carbonyl (C=O) groups is 2. The van der Waals surface area contributed by atoms with Crippen LogP contribution in [0, 0.1) is 13.8 Å². The molecule has 7 heteroatoms. The Kier molecular flexibility index (Phi) is 6.36. The first-order valence-corrected chi connectivity index (χ1v) is 8.55. The number of nitrogens with zero attached hydrogens (tertiary/aromatic N) is 3. The predicted molar refractivity (Wildman–Crippen MR) is 93.2 cm³/mol. The summed E-state index contributed by atoms with van der Waals surface area (Å²) < 4.78 is 5.40. The van der Waals surface area contributed by atoms with Crippen molar-refractivity contribution in [2.75, 3.05) is 27.2 Å². The second-order valence-corrected chi connectivity index (χ2v) is 6.57. The molecule has 0 aliphatic carbocycles. The third-order valence-electron chi connectivity index (χ3n) is 4.64. The number of pyridine rings is 1. The maximum Gasteiger partial charge on any atom is 0.251 e. The van der Waals surface area contributed by atoms with E-state index in [0.717, 1.165) is 35.4 Å². The quantitative estimate of drug-likeness (QED) is 0.859. The van der Waals surface area contributed by atoms with Crippen LogP contribution < -0.4 is 4.74 Å². The molecule has 0 radical (unpaired) electrons. The van der Waals surface area contributed by atoms with E-state index in [4.69, 9.17) is 4.74 Å². The summed E-state index contributed by atoms with van der Waals surface area (Å²) in [6.07, 6.45) is 2.79. The first-order valence-electron chi connectivity index (χ1n) is 8.55. The molecule has 1 aliphatic heterocycles. The SMILES string of the molecule is COc1c(C)cnc(CN(C)C(=O)CN2CCCCC(O)C2=O)c1C. The molecule has 1 saturated heterocycles. The summed E-state index contributed by atoms with van der Waals surface area (Å²) in [6.45, 7) is 4.67. The number of aliphatic hydroxyl groups excluding tert-OH is 1. The van der Waals surface area contributed by atoms with Crippen LogP contribution >= 0.6 is 0 Å². The molecule has 1 aliphatic rings. The van der Waals surface area contributed by atoms with Gasteiger partial charge in [0.15, 0.2) is 0 Å². The van der Waals surface area contributed by atoms with Crippen LogP contribution in [-0.2, 0) is 16.1 Å². The van der Waals surface area contributed by atoms with E-state index >= 15 is 0 Å². The first kappa shape index (κ1) is 19.2. The molecule has 1 fully saturated rings. The number of aromatic nitrogens is 1. The fourth-order valence-corrected chi connectivity index (χ4v) is 3.07. The van der Waals surface area contributed by atoms with Crippen LogP contribution in [0.4, 0.5) is 0 Å². The smallest absolute Gasteiger partial charge is 0.251 e. The van der Waals surface area contributed by atoms with Crippen molar-refractivity contribution in [2.45, 2.75) is 45.8 Å². The summed E-state index contributed by atoms with van der Waals surface area (Å²) in [4.78, 5) is 32.0. The third kappa shape index (κ3) is 4.48. The van der Waals surface area contributed by atoms with Crippen LogP contribution in [0.5, 0.6) is 5.75 Å². The molecular formula is C18H27N3O4. The molecule has 7 nitrogen and oxygen atoms in total. The third-order valence-corrected chi connectivity index (χ3v) is 4.64. The summed E-state index contributed by atoms with van der Waals surface area (Å²) in [5.74, 6) is 0.241. The van der Waals surface area contributed by atoms with Gasteiger partial charge in [-0.25, -0.2) is 0 Å². The second-order valence-electron chi connectivity index (χ2n) is 6.57. The van der Waals surface area contributed by atoms with E-state index < -0.39 is 6.10 Å². The van der Waals surface area contributed by atoms with E-state index in [1.54, 1.807) is 25.3 Å². The molecule has 2 amide bonds. The Hall–Kier alpha value is -2.15. The number of aryl methyl sites for hydroxylation is 1. The first-order chi connectivity index (χ1) is 11.8. The molecule has 0 bridgehead atoms. The molecule has 2 heterocycles. The standard InChI is InChI=1S/C18H27N3O4/c1-12-9-19-14(13(2)17(12)25-4)10-20(3)16(23)11-21-8-6-5-7-15(22)18(21)24/h9,15,22H,5-8,10-11H2,1-4H3. The molecule has 0 saturated carbocycles. The maximum atomic E-state index is 12.5. The largest absolute Gasteiger partial charge is 0.496 e. The second kappa shape index (κ2) is 8.29. The zero-order chi connectivity index (χ0) is 18.6. The normalized spacial score (nSPS) is 18.0. The van der Waals surface area contributed by atoms with Crippen molar-refractivity contribution < 1.29 is 19.4 Å². The Morgan fingerprint density at radius 3 is 2.84 bits per heavy atom. The molecule has 1 aromatic heterocycles. The van der Waals surface area contributed by atoms with E-state index in [2.05, 4.69) is 4.98 Å². The highest BCUT2D eigenvalue weighted by molar-refractivity contribution is 5.87. The Morgan fingerprint density at radius 1 is 1.44 bits per heavy atom. The van der Waals surface area contributed by atoms with Crippen molar-refractivity contribution in [1.29, 1.82) is 0 Å². The summed E-state index contributed by atoms with van der Waals surface area (Å²) in [7, 11) is 3.30. The van der Waals surface area contributed by atoms with E-state index in [0.29, 0.717) is 19.5 Å². The van der Waals surface area contributed by atoms with Gasteiger partial charge in [-0.2, -0.15) is 0 Å².